The SMILES string of the molecule is COc1cc2c(cc1OCc1ccccc1)CCN1Cc3[nH]c4ccc(C)cc4c3CC21. The van der Waals surface area contributed by atoms with E-state index in [-0.39, 0.29) is 0 Å². The fourth-order valence-corrected chi connectivity index (χ4v) is 5.38. The van der Waals surface area contributed by atoms with Gasteiger partial charge in [-0.1, -0.05) is 42.0 Å². The highest BCUT2D eigenvalue weighted by Gasteiger charge is 2.34. The van der Waals surface area contributed by atoms with Gasteiger partial charge in [-0.3, -0.25) is 4.90 Å². The number of H-pyrrole nitrogens is 1. The maximum atomic E-state index is 6.19. The van der Waals surface area contributed by atoms with Crippen molar-refractivity contribution in [3.63, 3.8) is 0 Å². The largest absolute Gasteiger partial charge is 0.493 e. The molecule has 1 unspecified atom stereocenters. The topological polar surface area (TPSA) is 37.5 Å². The van der Waals surface area contributed by atoms with Crippen molar-refractivity contribution in [3.8, 4) is 11.5 Å². The number of methoxy groups -OCH3 is 1. The molecule has 4 aromatic rings. The van der Waals surface area contributed by atoms with Gasteiger partial charge >= 0.3 is 0 Å². The third-order valence-electron chi connectivity index (χ3n) is 7.04. The minimum atomic E-state index is 0.378. The van der Waals surface area contributed by atoms with E-state index in [1.54, 1.807) is 7.11 Å². The van der Waals surface area contributed by atoms with Crippen LogP contribution >= 0.6 is 0 Å². The molecule has 0 bridgehead atoms. The summed E-state index contributed by atoms with van der Waals surface area (Å²) >= 11 is 0. The number of aromatic nitrogens is 1. The Labute approximate surface area is 188 Å². The first kappa shape index (κ1) is 19.4. The molecule has 0 saturated heterocycles. The second kappa shape index (κ2) is 7.72. The van der Waals surface area contributed by atoms with Crippen molar-refractivity contribution >= 4 is 10.9 Å². The zero-order valence-electron chi connectivity index (χ0n) is 18.7. The highest BCUT2D eigenvalue weighted by atomic mass is 16.5. The fourth-order valence-electron chi connectivity index (χ4n) is 5.38. The first-order chi connectivity index (χ1) is 15.7. The molecule has 3 aromatic carbocycles. The van der Waals surface area contributed by atoms with Gasteiger partial charge in [-0.25, -0.2) is 0 Å². The van der Waals surface area contributed by atoms with Gasteiger partial charge in [0.2, 0.25) is 0 Å². The summed E-state index contributed by atoms with van der Waals surface area (Å²) in [5, 5.41) is 1.38. The quantitative estimate of drug-likeness (QED) is 0.455. The van der Waals surface area contributed by atoms with E-state index < -0.39 is 0 Å². The molecule has 1 atom stereocenters. The lowest BCUT2D eigenvalue weighted by Crippen LogP contribution is -2.39. The Kier molecular flexibility index (Phi) is 4.69. The lowest BCUT2D eigenvalue weighted by molar-refractivity contribution is 0.158. The van der Waals surface area contributed by atoms with Crippen LogP contribution in [0.3, 0.4) is 0 Å². The van der Waals surface area contributed by atoms with Gasteiger partial charge in [-0.2, -0.15) is 0 Å². The maximum absolute atomic E-state index is 6.19. The molecule has 2 aliphatic heterocycles. The van der Waals surface area contributed by atoms with Crippen LogP contribution in [-0.2, 0) is 26.0 Å². The number of nitrogens with one attached hydrogen (secondary N) is 1. The van der Waals surface area contributed by atoms with E-state index in [0.29, 0.717) is 12.6 Å². The van der Waals surface area contributed by atoms with Crippen LogP contribution in [0.25, 0.3) is 10.9 Å². The number of rotatable bonds is 4. The molecule has 32 heavy (non-hydrogen) atoms. The lowest BCUT2D eigenvalue weighted by Gasteiger charge is -2.40. The summed E-state index contributed by atoms with van der Waals surface area (Å²) in [6.45, 7) is 4.76. The third-order valence-corrected chi connectivity index (χ3v) is 7.04. The zero-order valence-corrected chi connectivity index (χ0v) is 18.7. The third kappa shape index (κ3) is 3.26. The smallest absolute Gasteiger partial charge is 0.161 e. The standard InChI is InChI=1S/C28H28N2O2/c1-18-8-9-24-22(12-18)23-14-26-21-15-27(31-2)28(32-17-19-6-4-3-5-7-19)13-20(21)10-11-30(26)16-25(23)29-24/h3-9,12-13,15,26,29H,10-11,14,16-17H2,1-2H3. The highest BCUT2D eigenvalue weighted by Crippen LogP contribution is 2.44. The Morgan fingerprint density at radius 3 is 2.75 bits per heavy atom. The van der Waals surface area contributed by atoms with Gasteiger partial charge in [0.25, 0.3) is 0 Å². The molecular weight excluding hydrogens is 396 g/mol. The van der Waals surface area contributed by atoms with E-state index in [4.69, 9.17) is 9.47 Å². The van der Waals surface area contributed by atoms with Crippen molar-refractivity contribution < 1.29 is 9.47 Å². The van der Waals surface area contributed by atoms with Crippen molar-refractivity contribution in [1.29, 1.82) is 0 Å². The maximum Gasteiger partial charge on any atom is 0.161 e. The van der Waals surface area contributed by atoms with Crippen molar-refractivity contribution in [2.45, 2.75) is 39.0 Å². The molecular formula is C28H28N2O2. The number of hydrogen-bond donors (Lipinski definition) is 1. The van der Waals surface area contributed by atoms with Gasteiger partial charge < -0.3 is 14.5 Å². The summed E-state index contributed by atoms with van der Waals surface area (Å²) in [4.78, 5) is 6.29. The lowest BCUT2D eigenvalue weighted by atomic mass is 9.85. The molecule has 0 radical (unpaired) electrons. The Morgan fingerprint density at radius 2 is 1.91 bits per heavy atom. The summed E-state index contributed by atoms with van der Waals surface area (Å²) in [5.74, 6) is 1.66. The minimum absolute atomic E-state index is 0.378. The van der Waals surface area contributed by atoms with Gasteiger partial charge in [0.05, 0.1) is 7.11 Å². The summed E-state index contributed by atoms with van der Waals surface area (Å²) < 4.78 is 12.0. The van der Waals surface area contributed by atoms with Crippen LogP contribution in [-0.4, -0.2) is 23.5 Å². The van der Waals surface area contributed by atoms with Crippen LogP contribution in [0, 0.1) is 6.92 Å². The molecule has 0 aliphatic carbocycles. The molecule has 2 aliphatic rings. The molecule has 4 nitrogen and oxygen atoms in total. The number of hydrogen-bond acceptors (Lipinski definition) is 3. The van der Waals surface area contributed by atoms with E-state index in [9.17, 15) is 0 Å². The normalized spacial score (nSPS) is 17.5. The first-order valence-electron chi connectivity index (χ1n) is 11.4. The molecule has 1 N–H and O–H groups in total. The molecule has 3 heterocycles. The Hall–Kier alpha value is -3.24. The van der Waals surface area contributed by atoms with E-state index in [0.717, 1.165) is 43.0 Å². The van der Waals surface area contributed by atoms with Crippen LogP contribution in [0.15, 0.2) is 60.7 Å². The van der Waals surface area contributed by atoms with E-state index >= 15 is 0 Å². The first-order valence-corrected chi connectivity index (χ1v) is 11.4. The van der Waals surface area contributed by atoms with Crippen LogP contribution < -0.4 is 9.47 Å². The molecule has 4 heteroatoms. The number of benzene rings is 3. The number of ether oxygens (including phenoxy) is 2. The molecule has 0 spiro atoms. The van der Waals surface area contributed by atoms with Crippen molar-refractivity contribution in [1.82, 2.24) is 9.88 Å². The Balaban J connectivity index is 1.34. The summed E-state index contributed by atoms with van der Waals surface area (Å²) in [7, 11) is 1.74. The second-order valence-corrected chi connectivity index (χ2v) is 9.05. The number of aryl methyl sites for hydroxylation is 1. The van der Waals surface area contributed by atoms with Gasteiger partial charge in [0.15, 0.2) is 11.5 Å². The molecule has 0 saturated carbocycles. The van der Waals surface area contributed by atoms with Crippen LogP contribution in [0.1, 0.15) is 39.6 Å². The number of nitrogens with zero attached hydrogens (tertiary/aromatic N) is 1. The van der Waals surface area contributed by atoms with Crippen LogP contribution in [0.4, 0.5) is 0 Å². The van der Waals surface area contributed by atoms with E-state index in [2.05, 4.69) is 59.3 Å². The Morgan fingerprint density at radius 1 is 1.03 bits per heavy atom. The van der Waals surface area contributed by atoms with E-state index in [1.165, 1.54) is 38.9 Å². The molecule has 1 aromatic heterocycles. The summed E-state index contributed by atoms with van der Waals surface area (Å²) in [6.07, 6.45) is 2.06. The van der Waals surface area contributed by atoms with Crippen molar-refractivity contribution in [2.24, 2.45) is 0 Å². The van der Waals surface area contributed by atoms with Crippen LogP contribution in [0.2, 0.25) is 0 Å². The van der Waals surface area contributed by atoms with Gasteiger partial charge in [-0.15, -0.1) is 0 Å². The van der Waals surface area contributed by atoms with Gasteiger partial charge in [0, 0.05) is 35.7 Å². The minimum Gasteiger partial charge on any atom is -0.493 e. The zero-order chi connectivity index (χ0) is 21.7. The molecule has 0 fully saturated rings. The number of aromatic amines is 1. The predicted octanol–water partition coefficient (Wildman–Crippen LogP) is 5.72. The predicted molar refractivity (Wildman–Crippen MR) is 127 cm³/mol. The second-order valence-electron chi connectivity index (χ2n) is 9.05. The van der Waals surface area contributed by atoms with Crippen molar-refractivity contribution in [2.75, 3.05) is 13.7 Å². The molecule has 6 rings (SSSR count). The van der Waals surface area contributed by atoms with Crippen molar-refractivity contribution in [3.05, 3.63) is 94.2 Å². The van der Waals surface area contributed by atoms with Gasteiger partial charge in [-0.05, 0) is 66.3 Å². The highest BCUT2D eigenvalue weighted by molar-refractivity contribution is 5.85. The molecule has 0 amide bonds. The van der Waals surface area contributed by atoms with E-state index in [1.807, 2.05) is 18.2 Å². The summed E-state index contributed by atoms with van der Waals surface area (Å²) in [6, 6.07) is 21.8. The monoisotopic (exact) mass is 424 g/mol. The average Bonchev–Trinajstić information content (AvgIpc) is 3.18. The Bertz CT molecular complexity index is 1290. The average molecular weight is 425 g/mol. The number of fused-ring (bicyclic) bond motifs is 6. The molecule has 162 valence electrons. The summed E-state index contributed by atoms with van der Waals surface area (Å²) in [5.41, 5.74) is 9.34. The fraction of sp³-hybridized carbons (Fsp3) is 0.286. The van der Waals surface area contributed by atoms with Crippen LogP contribution in [0.5, 0.6) is 11.5 Å². The van der Waals surface area contributed by atoms with Gasteiger partial charge in [0.1, 0.15) is 6.61 Å².